The Bertz CT molecular complexity index is 949. The van der Waals surface area contributed by atoms with Gasteiger partial charge in [0.25, 0.3) is 0 Å². The topological polar surface area (TPSA) is 91.6 Å². The SMILES string of the molecule is CC(C)(C(=O)NC1C2CC3CC1CC(C(N)=O)(C3)C2)N1C2CCC1CN(c1cccnc1)CC2. The Morgan fingerprint density at radius 2 is 1.85 bits per heavy atom. The number of hydrogen-bond acceptors (Lipinski definition) is 5. The largest absolute Gasteiger partial charge is 0.369 e. The number of amides is 2. The molecule has 1 aromatic heterocycles. The van der Waals surface area contributed by atoms with Gasteiger partial charge in [0.05, 0.1) is 17.4 Å². The van der Waals surface area contributed by atoms with Gasteiger partial charge >= 0.3 is 0 Å². The van der Waals surface area contributed by atoms with Crippen molar-refractivity contribution in [2.24, 2.45) is 28.9 Å². The van der Waals surface area contributed by atoms with Gasteiger partial charge in [-0.2, -0.15) is 0 Å². The summed E-state index contributed by atoms with van der Waals surface area (Å²) in [5, 5.41) is 3.53. The summed E-state index contributed by atoms with van der Waals surface area (Å²) in [4.78, 5) is 35.5. The average Bonchev–Trinajstić information content (AvgIpc) is 3.10. The molecule has 1 aromatic rings. The fourth-order valence-corrected chi connectivity index (χ4v) is 8.77. The number of nitrogens with zero attached hydrogens (tertiary/aromatic N) is 3. The zero-order valence-corrected chi connectivity index (χ0v) is 20.6. The lowest BCUT2D eigenvalue weighted by Crippen LogP contribution is -2.66. The number of nitrogens with two attached hydrogens (primary N) is 1. The number of hydrogen-bond donors (Lipinski definition) is 2. The fourth-order valence-electron chi connectivity index (χ4n) is 8.77. The van der Waals surface area contributed by atoms with Crippen LogP contribution in [0.5, 0.6) is 0 Å². The normalized spacial score (nSPS) is 39.2. The predicted octanol–water partition coefficient (Wildman–Crippen LogP) is 2.70. The molecule has 7 nitrogen and oxygen atoms in total. The zero-order valence-electron chi connectivity index (χ0n) is 20.6. The molecule has 6 aliphatic rings. The molecule has 2 aliphatic heterocycles. The van der Waals surface area contributed by atoms with E-state index in [1.807, 2.05) is 18.5 Å². The minimum absolute atomic E-state index is 0.115. The Kier molecular flexibility index (Phi) is 5.21. The van der Waals surface area contributed by atoms with E-state index in [1.165, 1.54) is 12.1 Å². The van der Waals surface area contributed by atoms with Gasteiger partial charge in [0, 0.05) is 42.8 Å². The number of rotatable bonds is 5. The monoisotopic (exact) mass is 465 g/mol. The molecule has 4 saturated carbocycles. The van der Waals surface area contributed by atoms with Crippen LogP contribution < -0.4 is 16.0 Å². The van der Waals surface area contributed by atoms with Crippen LogP contribution in [0.25, 0.3) is 0 Å². The summed E-state index contributed by atoms with van der Waals surface area (Å²) >= 11 is 0. The number of carbonyl (C=O) groups is 2. The molecule has 7 heteroatoms. The van der Waals surface area contributed by atoms with E-state index in [2.05, 4.69) is 40.0 Å². The average molecular weight is 466 g/mol. The zero-order chi connectivity index (χ0) is 23.7. The standard InChI is InChI=1S/C27H39N5O2/c1-26(2,32-20-5-6-22(32)16-31(9-7-20)21-4-3-8-29-15-21)25(34)30-23-18-10-17-11-19(23)14-27(12-17,13-18)24(28)33/h3-4,8,15,17-20,22-23H,5-7,9-14,16H2,1-2H3,(H2,28,33)(H,30,34). The van der Waals surface area contributed by atoms with E-state index in [0.29, 0.717) is 29.8 Å². The highest BCUT2D eigenvalue weighted by molar-refractivity contribution is 5.86. The van der Waals surface area contributed by atoms with E-state index in [0.717, 1.165) is 58.0 Å². The smallest absolute Gasteiger partial charge is 0.240 e. The molecule has 184 valence electrons. The van der Waals surface area contributed by atoms with Crippen molar-refractivity contribution < 1.29 is 9.59 Å². The molecule has 2 amide bonds. The summed E-state index contributed by atoms with van der Waals surface area (Å²) in [6.07, 6.45) is 12.1. The molecule has 4 unspecified atom stereocenters. The molecular weight excluding hydrogens is 426 g/mol. The van der Waals surface area contributed by atoms with Crippen LogP contribution >= 0.6 is 0 Å². The van der Waals surface area contributed by atoms with Crippen LogP contribution in [0.2, 0.25) is 0 Å². The maximum Gasteiger partial charge on any atom is 0.240 e. The van der Waals surface area contributed by atoms with Crippen molar-refractivity contribution in [3.05, 3.63) is 24.5 Å². The third-order valence-corrected chi connectivity index (χ3v) is 10.1. The van der Waals surface area contributed by atoms with Gasteiger partial charge in [0.15, 0.2) is 0 Å². The number of anilines is 1. The molecule has 0 aromatic carbocycles. The van der Waals surface area contributed by atoms with Crippen molar-refractivity contribution in [1.82, 2.24) is 15.2 Å². The van der Waals surface area contributed by atoms with E-state index >= 15 is 0 Å². The first-order valence-electron chi connectivity index (χ1n) is 13.3. The maximum atomic E-state index is 13.9. The van der Waals surface area contributed by atoms with Crippen LogP contribution in [0.4, 0.5) is 5.69 Å². The van der Waals surface area contributed by atoms with E-state index in [9.17, 15) is 9.59 Å². The number of nitrogens with one attached hydrogen (secondary N) is 1. The second-order valence-electron chi connectivity index (χ2n) is 12.4. The number of fused-ring (bicyclic) bond motifs is 2. The summed E-state index contributed by atoms with van der Waals surface area (Å²) in [5.74, 6) is 1.42. The van der Waals surface area contributed by atoms with Gasteiger partial charge in [-0.1, -0.05) is 0 Å². The Morgan fingerprint density at radius 1 is 1.12 bits per heavy atom. The van der Waals surface area contributed by atoms with Gasteiger partial charge in [-0.3, -0.25) is 19.5 Å². The van der Waals surface area contributed by atoms with Crippen molar-refractivity contribution in [3.63, 3.8) is 0 Å². The summed E-state index contributed by atoms with van der Waals surface area (Å²) in [5.41, 5.74) is 6.17. The molecule has 6 fully saturated rings. The summed E-state index contributed by atoms with van der Waals surface area (Å²) in [6, 6.07) is 5.13. The van der Waals surface area contributed by atoms with E-state index in [4.69, 9.17) is 5.73 Å². The molecule has 2 saturated heterocycles. The molecule has 4 atom stereocenters. The molecule has 34 heavy (non-hydrogen) atoms. The van der Waals surface area contributed by atoms with Crippen molar-refractivity contribution in [3.8, 4) is 0 Å². The first-order valence-corrected chi connectivity index (χ1v) is 13.3. The molecule has 3 heterocycles. The highest BCUT2D eigenvalue weighted by atomic mass is 16.2. The second-order valence-corrected chi connectivity index (χ2v) is 12.4. The molecule has 6 bridgehead atoms. The summed E-state index contributed by atoms with van der Waals surface area (Å²) in [6.45, 7) is 6.18. The Balaban J connectivity index is 1.18. The van der Waals surface area contributed by atoms with E-state index < -0.39 is 5.54 Å². The minimum atomic E-state index is -0.563. The third kappa shape index (κ3) is 3.45. The van der Waals surface area contributed by atoms with Crippen molar-refractivity contribution >= 4 is 17.5 Å². The van der Waals surface area contributed by atoms with Crippen LogP contribution in [0, 0.1) is 23.2 Å². The van der Waals surface area contributed by atoms with Crippen LogP contribution in [-0.2, 0) is 9.59 Å². The van der Waals surface area contributed by atoms with Gasteiger partial charge in [0.1, 0.15) is 0 Å². The first kappa shape index (κ1) is 22.3. The van der Waals surface area contributed by atoms with Gasteiger partial charge < -0.3 is 16.0 Å². The van der Waals surface area contributed by atoms with Crippen LogP contribution in [0.3, 0.4) is 0 Å². The van der Waals surface area contributed by atoms with Crippen molar-refractivity contribution in [2.75, 3.05) is 18.0 Å². The molecule has 3 N–H and O–H groups in total. The number of primary amides is 1. The van der Waals surface area contributed by atoms with E-state index in [1.54, 1.807) is 0 Å². The minimum Gasteiger partial charge on any atom is -0.369 e. The quantitative estimate of drug-likeness (QED) is 0.698. The van der Waals surface area contributed by atoms with Crippen LogP contribution in [0.15, 0.2) is 24.5 Å². The lowest BCUT2D eigenvalue weighted by molar-refractivity contribution is -0.149. The van der Waals surface area contributed by atoms with Crippen LogP contribution in [-0.4, -0.2) is 58.5 Å². The van der Waals surface area contributed by atoms with Gasteiger partial charge in [0.2, 0.25) is 11.8 Å². The van der Waals surface area contributed by atoms with E-state index in [-0.39, 0.29) is 23.3 Å². The molecular formula is C27H39N5O2. The Labute approximate surface area is 202 Å². The van der Waals surface area contributed by atoms with Gasteiger partial charge in [-0.05, 0) is 95.1 Å². The lowest BCUT2D eigenvalue weighted by Gasteiger charge is -2.59. The predicted molar refractivity (Wildman–Crippen MR) is 131 cm³/mol. The molecule has 0 spiro atoms. The summed E-state index contributed by atoms with van der Waals surface area (Å²) < 4.78 is 0. The Morgan fingerprint density at radius 3 is 2.53 bits per heavy atom. The van der Waals surface area contributed by atoms with Crippen LogP contribution in [0.1, 0.15) is 65.2 Å². The van der Waals surface area contributed by atoms with Crippen molar-refractivity contribution in [1.29, 1.82) is 0 Å². The number of aromatic nitrogens is 1. The van der Waals surface area contributed by atoms with Crippen molar-refractivity contribution in [2.45, 2.75) is 88.9 Å². The molecule has 0 radical (unpaired) electrons. The van der Waals surface area contributed by atoms with Gasteiger partial charge in [-0.25, -0.2) is 0 Å². The Hall–Kier alpha value is -2.15. The highest BCUT2D eigenvalue weighted by Gasteiger charge is 2.59. The van der Waals surface area contributed by atoms with Gasteiger partial charge in [-0.15, -0.1) is 0 Å². The number of carbonyl (C=O) groups excluding carboxylic acids is 2. The summed E-state index contributed by atoms with van der Waals surface area (Å²) in [7, 11) is 0. The third-order valence-electron chi connectivity index (χ3n) is 10.1. The maximum absolute atomic E-state index is 13.9. The number of pyridine rings is 1. The first-order chi connectivity index (χ1) is 16.3. The highest BCUT2D eigenvalue weighted by Crippen LogP contribution is 2.60. The molecule has 4 aliphatic carbocycles. The lowest BCUT2D eigenvalue weighted by atomic mass is 9.47. The molecule has 7 rings (SSSR count). The second kappa shape index (κ2) is 7.94. The fraction of sp³-hybridized carbons (Fsp3) is 0.741.